The minimum absolute atomic E-state index is 0.0770. The van der Waals surface area contributed by atoms with Gasteiger partial charge in [0.15, 0.2) is 0 Å². The fraction of sp³-hybridized carbons (Fsp3) is 0.143. The molecular formula is C84H66N2O4Si. The summed E-state index contributed by atoms with van der Waals surface area (Å²) < 4.78 is 38.0. The number of hydrogen-bond acceptors (Lipinski definition) is 6. The zero-order chi connectivity index (χ0) is 62.5. The van der Waals surface area contributed by atoms with E-state index in [1.54, 1.807) is 6.07 Å². The summed E-state index contributed by atoms with van der Waals surface area (Å²) in [5.41, 5.74) is 22.4. The van der Waals surface area contributed by atoms with Crippen molar-refractivity contribution >= 4 is 135 Å². The Morgan fingerprint density at radius 1 is 0.352 bits per heavy atom. The van der Waals surface area contributed by atoms with Crippen molar-refractivity contribution in [2.24, 2.45) is 0 Å². The summed E-state index contributed by atoms with van der Waals surface area (Å²) in [5.74, 6) is 0. The molecule has 0 N–H and O–H groups in total. The summed E-state index contributed by atoms with van der Waals surface area (Å²) in [6, 6.07) is 84.5. The molecule has 2 aliphatic carbocycles. The van der Waals surface area contributed by atoms with Crippen LogP contribution in [0.5, 0.6) is 0 Å². The van der Waals surface area contributed by atoms with Crippen molar-refractivity contribution in [3.05, 3.63) is 270 Å². The van der Waals surface area contributed by atoms with E-state index in [4.69, 9.17) is 19.0 Å². The first-order valence-corrected chi connectivity index (χ1v) is 35.3. The second-order valence-corrected chi connectivity index (χ2v) is 33.3. The van der Waals surface area contributed by atoms with E-state index in [0.717, 1.165) is 133 Å². The predicted octanol–water partition coefficient (Wildman–Crippen LogP) is 23.7. The summed E-state index contributed by atoms with van der Waals surface area (Å²) in [4.78, 5) is 4.86. The summed E-state index contributed by atoms with van der Waals surface area (Å²) in [7, 11) is -1.81. The van der Waals surface area contributed by atoms with E-state index in [-0.39, 0.29) is 10.8 Å². The van der Waals surface area contributed by atoms with Gasteiger partial charge in [-0.25, -0.2) is 0 Å². The lowest BCUT2D eigenvalue weighted by atomic mass is 9.70. The van der Waals surface area contributed by atoms with Crippen LogP contribution in [0.2, 0.25) is 19.6 Å². The Morgan fingerprint density at radius 2 is 0.769 bits per heavy atom. The second-order valence-electron chi connectivity index (χ2n) is 28.3. The number of furan rings is 4. The minimum Gasteiger partial charge on any atom is -0.456 e. The van der Waals surface area contributed by atoms with E-state index >= 15 is 0 Å². The van der Waals surface area contributed by atoms with Gasteiger partial charge in [0.05, 0.1) is 37.0 Å². The van der Waals surface area contributed by atoms with Crippen molar-refractivity contribution in [1.29, 1.82) is 0 Å². The maximum atomic E-state index is 8.91. The van der Waals surface area contributed by atoms with Gasteiger partial charge in [-0.2, -0.15) is 0 Å². The Labute approximate surface area is 530 Å². The van der Waals surface area contributed by atoms with Gasteiger partial charge in [0.25, 0.3) is 0 Å². The standard InChI is InChI=1S/C84H66N2O4Si/c1-82(2,3)49-33-37-51(38-34-49)85(53-41-43-58-57-23-12-17-29-69(57)87-72(58)45-53)67-47-65-77(80-75(67)61-24-13-18-30-70(61)88-80)78-66(84(65)63-27-15-10-21-55(63)56-22-11-16-28-64(56)84)48-68(76-62-25-14-19-31-71(62)89-81(76)78)86(52-39-35-50(36-40-52)83(4,5)6)54-42-44-59-60-26-20-32-74(91(7,8)9)79(60)90-73(59)46-54/h10-48H,1-9H3/i29T. The topological polar surface area (TPSA) is 59.0 Å². The molecule has 16 aromatic rings. The van der Waals surface area contributed by atoms with Crippen LogP contribution < -0.4 is 15.0 Å². The smallest absolute Gasteiger partial charge is 0.145 e. The van der Waals surface area contributed by atoms with Gasteiger partial charge in [-0.05, 0) is 139 Å². The molecule has 6 nitrogen and oxygen atoms in total. The summed E-state index contributed by atoms with van der Waals surface area (Å²) in [5, 5.41) is 9.41. The van der Waals surface area contributed by atoms with E-state index in [9.17, 15) is 0 Å². The Hall–Kier alpha value is -10.3. The van der Waals surface area contributed by atoms with Gasteiger partial charge in [0, 0.05) is 78.3 Å². The molecule has 91 heavy (non-hydrogen) atoms. The van der Waals surface area contributed by atoms with Crippen LogP contribution in [0.1, 0.15) is 76.3 Å². The number of hydrogen-bond donors (Lipinski definition) is 0. The van der Waals surface area contributed by atoms with Crippen molar-refractivity contribution in [1.82, 2.24) is 0 Å². The maximum Gasteiger partial charge on any atom is 0.145 e. The molecule has 0 radical (unpaired) electrons. The molecule has 4 aromatic heterocycles. The highest BCUT2D eigenvalue weighted by Crippen LogP contribution is 2.68. The molecule has 0 saturated carbocycles. The molecule has 0 fully saturated rings. The average Bonchev–Trinajstić information content (AvgIpc) is 1.49. The minimum atomic E-state index is -1.81. The summed E-state index contributed by atoms with van der Waals surface area (Å²) >= 11 is 0. The highest BCUT2D eigenvalue weighted by Gasteiger charge is 2.55. The maximum absolute atomic E-state index is 8.91. The van der Waals surface area contributed by atoms with Gasteiger partial charge in [-0.15, -0.1) is 0 Å². The molecule has 0 aliphatic heterocycles. The fourth-order valence-corrected chi connectivity index (χ4v) is 17.0. The number of fused-ring (bicyclic) bond motifs is 24. The third-order valence-corrected chi connectivity index (χ3v) is 21.8. The Bertz CT molecular complexity index is 5760. The fourth-order valence-electron chi connectivity index (χ4n) is 15.5. The number of benzene rings is 12. The first-order chi connectivity index (χ1) is 44.4. The van der Waals surface area contributed by atoms with E-state index in [1.165, 1.54) is 38.6 Å². The molecule has 7 heteroatoms. The van der Waals surface area contributed by atoms with Crippen molar-refractivity contribution < 1.29 is 19.0 Å². The quantitative estimate of drug-likeness (QED) is 0.148. The van der Waals surface area contributed by atoms with Gasteiger partial charge in [0.1, 0.15) is 44.7 Å². The lowest BCUT2D eigenvalue weighted by Crippen LogP contribution is -2.37. The zero-order valence-electron chi connectivity index (χ0n) is 53.5. The molecule has 18 rings (SSSR count). The van der Waals surface area contributed by atoms with Gasteiger partial charge in [-0.3, -0.25) is 0 Å². The van der Waals surface area contributed by atoms with Crippen molar-refractivity contribution in [2.45, 2.75) is 77.4 Å². The van der Waals surface area contributed by atoms with E-state index in [2.05, 4.69) is 283 Å². The van der Waals surface area contributed by atoms with Crippen LogP contribution in [0.25, 0.3) is 110 Å². The molecule has 440 valence electrons. The first kappa shape index (κ1) is 52.6. The van der Waals surface area contributed by atoms with E-state index in [0.29, 0.717) is 17.2 Å². The van der Waals surface area contributed by atoms with Gasteiger partial charge in [-0.1, -0.05) is 207 Å². The number of rotatable bonds is 7. The van der Waals surface area contributed by atoms with Crippen LogP contribution in [0.15, 0.2) is 254 Å². The number of anilines is 6. The second kappa shape index (κ2) is 18.9. The molecule has 0 atom stereocenters. The molecule has 0 saturated heterocycles. The van der Waals surface area contributed by atoms with Crippen molar-refractivity contribution in [2.75, 3.05) is 9.80 Å². The molecule has 0 unspecified atom stereocenters. The zero-order valence-corrected chi connectivity index (χ0v) is 53.5. The van der Waals surface area contributed by atoms with Crippen LogP contribution >= 0.6 is 0 Å². The molecule has 2 aliphatic rings. The van der Waals surface area contributed by atoms with E-state index < -0.39 is 13.5 Å². The van der Waals surface area contributed by atoms with Crippen LogP contribution in [-0.4, -0.2) is 8.07 Å². The third-order valence-electron chi connectivity index (χ3n) is 19.8. The largest absolute Gasteiger partial charge is 0.456 e. The molecule has 1 spiro atoms. The van der Waals surface area contributed by atoms with Crippen LogP contribution in [0, 0.1) is 0 Å². The average molecular weight is 1200 g/mol. The third kappa shape index (κ3) is 7.65. The van der Waals surface area contributed by atoms with Gasteiger partial charge < -0.3 is 27.5 Å². The van der Waals surface area contributed by atoms with Gasteiger partial charge >= 0.3 is 0 Å². The molecule has 4 heterocycles. The molecular weight excluding hydrogens is 1130 g/mol. The van der Waals surface area contributed by atoms with E-state index in [1.807, 2.05) is 12.1 Å². The molecule has 0 bridgehead atoms. The predicted molar refractivity (Wildman–Crippen MR) is 382 cm³/mol. The summed E-state index contributed by atoms with van der Waals surface area (Å²) in [6.07, 6.45) is 0. The Morgan fingerprint density at radius 3 is 1.29 bits per heavy atom. The van der Waals surface area contributed by atoms with Crippen LogP contribution in [0.3, 0.4) is 0 Å². The van der Waals surface area contributed by atoms with Crippen molar-refractivity contribution in [3.8, 4) is 22.3 Å². The van der Waals surface area contributed by atoms with Crippen molar-refractivity contribution in [3.63, 3.8) is 0 Å². The SMILES string of the molecule is [3H]c1cccc2c1oc1cc(N(c3ccc(C(C)(C)C)cc3)c3cc4c(c5oc6ccccc6c35)-c3c(cc(N(c5ccc(C(C)(C)C)cc5)c5ccc6c(c5)oc5c([Si](C)(C)C)cccc56)c5c3oc3ccccc35)C43c4ccccc4-c4ccccc43)ccc12. The first-order valence-electron chi connectivity index (χ1n) is 32.3. The Kier molecular flexibility index (Phi) is 10.9. The highest BCUT2D eigenvalue weighted by atomic mass is 28.3. The molecule has 0 amide bonds. The van der Waals surface area contributed by atoms with Crippen LogP contribution in [-0.2, 0) is 16.2 Å². The highest BCUT2D eigenvalue weighted by molar-refractivity contribution is 6.90. The molecule has 12 aromatic carbocycles. The Balaban J connectivity index is 0.992. The lowest BCUT2D eigenvalue weighted by Gasteiger charge is -2.34. The number of para-hydroxylation sites is 4. The monoisotopic (exact) mass is 1200 g/mol. The lowest BCUT2D eigenvalue weighted by molar-refractivity contribution is 0.590. The normalized spacial score (nSPS) is 13.8. The summed E-state index contributed by atoms with van der Waals surface area (Å²) in [6.45, 7) is 20.8. The number of nitrogens with zero attached hydrogens (tertiary/aromatic N) is 2. The van der Waals surface area contributed by atoms with Gasteiger partial charge in [0.2, 0.25) is 0 Å². The van der Waals surface area contributed by atoms with Crippen LogP contribution in [0.4, 0.5) is 34.1 Å².